The van der Waals surface area contributed by atoms with Crippen molar-refractivity contribution in [1.82, 2.24) is 15.5 Å². The monoisotopic (exact) mass is 399 g/mol. The summed E-state index contributed by atoms with van der Waals surface area (Å²) in [6.45, 7) is 6.34. The molecular formula is C22H29N3O4. The Morgan fingerprint density at radius 2 is 1.59 bits per heavy atom. The number of carbonyl (C=O) groups excluding carboxylic acids is 2. The first-order chi connectivity index (χ1) is 14.1. The zero-order valence-electron chi connectivity index (χ0n) is 17.2. The van der Waals surface area contributed by atoms with Crippen molar-refractivity contribution in [3.8, 4) is 11.5 Å². The minimum Gasteiger partial charge on any atom is -0.493 e. The third kappa shape index (κ3) is 6.71. The molecule has 7 heteroatoms. The minimum absolute atomic E-state index is 0.0160. The summed E-state index contributed by atoms with van der Waals surface area (Å²) in [5, 5.41) is 5.53. The summed E-state index contributed by atoms with van der Waals surface area (Å²) >= 11 is 0. The van der Waals surface area contributed by atoms with E-state index in [9.17, 15) is 9.59 Å². The molecule has 2 rings (SSSR count). The lowest BCUT2D eigenvalue weighted by Crippen LogP contribution is -2.37. The lowest BCUT2D eigenvalue weighted by atomic mass is 10.1. The van der Waals surface area contributed by atoms with Crippen LogP contribution in [-0.4, -0.2) is 50.2 Å². The maximum atomic E-state index is 12.3. The van der Waals surface area contributed by atoms with E-state index in [1.165, 1.54) is 0 Å². The van der Waals surface area contributed by atoms with Gasteiger partial charge < -0.3 is 25.0 Å². The Kier molecular flexibility index (Phi) is 8.82. The second-order valence-electron chi connectivity index (χ2n) is 6.28. The van der Waals surface area contributed by atoms with Gasteiger partial charge in [0, 0.05) is 25.2 Å². The molecule has 29 heavy (non-hydrogen) atoms. The Labute approximate surface area is 172 Å². The van der Waals surface area contributed by atoms with E-state index in [0.717, 1.165) is 5.56 Å². The SMILES string of the molecule is CCN(CC)C(=O)c1ccc(CNC(=O)NCCOc2ccccc2OC)cc1. The van der Waals surface area contributed by atoms with Crippen LogP contribution in [0, 0.1) is 0 Å². The van der Waals surface area contributed by atoms with Crippen LogP contribution in [0.5, 0.6) is 11.5 Å². The number of nitrogens with one attached hydrogen (secondary N) is 2. The average Bonchev–Trinajstić information content (AvgIpc) is 2.76. The minimum atomic E-state index is -0.281. The van der Waals surface area contributed by atoms with Crippen molar-refractivity contribution in [2.75, 3.05) is 33.4 Å². The van der Waals surface area contributed by atoms with E-state index in [0.29, 0.717) is 49.8 Å². The van der Waals surface area contributed by atoms with Crippen molar-refractivity contribution >= 4 is 11.9 Å². The molecule has 0 unspecified atom stereocenters. The van der Waals surface area contributed by atoms with Crippen LogP contribution >= 0.6 is 0 Å². The van der Waals surface area contributed by atoms with Crippen molar-refractivity contribution in [3.63, 3.8) is 0 Å². The first-order valence-corrected chi connectivity index (χ1v) is 9.74. The molecule has 0 aliphatic carbocycles. The van der Waals surface area contributed by atoms with Crippen molar-refractivity contribution < 1.29 is 19.1 Å². The van der Waals surface area contributed by atoms with Crippen molar-refractivity contribution in [3.05, 3.63) is 59.7 Å². The van der Waals surface area contributed by atoms with Crippen LogP contribution in [0.3, 0.4) is 0 Å². The molecule has 0 atom stereocenters. The normalized spacial score (nSPS) is 10.2. The largest absolute Gasteiger partial charge is 0.493 e. The maximum Gasteiger partial charge on any atom is 0.315 e. The molecule has 2 aromatic rings. The number of ether oxygens (including phenoxy) is 2. The maximum absolute atomic E-state index is 12.3. The molecule has 0 bridgehead atoms. The lowest BCUT2D eigenvalue weighted by molar-refractivity contribution is 0.0773. The number of nitrogens with zero attached hydrogens (tertiary/aromatic N) is 1. The van der Waals surface area contributed by atoms with E-state index < -0.39 is 0 Å². The highest BCUT2D eigenvalue weighted by Crippen LogP contribution is 2.25. The molecule has 0 aromatic heterocycles. The third-order valence-corrected chi connectivity index (χ3v) is 4.42. The predicted octanol–water partition coefficient (Wildman–Crippen LogP) is 3.06. The number of methoxy groups -OCH3 is 1. The average molecular weight is 399 g/mol. The number of rotatable bonds is 10. The molecular weight excluding hydrogens is 370 g/mol. The number of hydrogen-bond acceptors (Lipinski definition) is 4. The van der Waals surface area contributed by atoms with Crippen LogP contribution in [0.4, 0.5) is 4.79 Å². The zero-order valence-corrected chi connectivity index (χ0v) is 17.2. The molecule has 0 saturated carbocycles. The summed E-state index contributed by atoms with van der Waals surface area (Å²) in [5.74, 6) is 1.30. The van der Waals surface area contributed by atoms with Gasteiger partial charge in [0.15, 0.2) is 11.5 Å². The van der Waals surface area contributed by atoms with E-state index in [1.54, 1.807) is 24.1 Å². The summed E-state index contributed by atoms with van der Waals surface area (Å²) in [4.78, 5) is 26.0. The quantitative estimate of drug-likeness (QED) is 0.602. The number of hydrogen-bond donors (Lipinski definition) is 2. The van der Waals surface area contributed by atoms with Gasteiger partial charge in [0.1, 0.15) is 6.61 Å². The van der Waals surface area contributed by atoms with Gasteiger partial charge in [0.25, 0.3) is 5.91 Å². The summed E-state index contributed by atoms with van der Waals surface area (Å²) in [6, 6.07) is 14.3. The van der Waals surface area contributed by atoms with Crippen molar-refractivity contribution in [2.24, 2.45) is 0 Å². The van der Waals surface area contributed by atoms with Crippen LogP contribution in [-0.2, 0) is 6.54 Å². The molecule has 0 radical (unpaired) electrons. The molecule has 0 aliphatic rings. The van der Waals surface area contributed by atoms with Gasteiger partial charge in [-0.2, -0.15) is 0 Å². The van der Waals surface area contributed by atoms with E-state index >= 15 is 0 Å². The topological polar surface area (TPSA) is 79.9 Å². The summed E-state index contributed by atoms with van der Waals surface area (Å²) in [6.07, 6.45) is 0. The summed E-state index contributed by atoms with van der Waals surface area (Å²) in [5.41, 5.74) is 1.57. The Morgan fingerprint density at radius 1 is 0.931 bits per heavy atom. The fraction of sp³-hybridized carbons (Fsp3) is 0.364. The van der Waals surface area contributed by atoms with Gasteiger partial charge in [-0.05, 0) is 43.7 Å². The number of urea groups is 1. The number of benzene rings is 2. The molecule has 0 aliphatic heterocycles. The Morgan fingerprint density at radius 3 is 2.21 bits per heavy atom. The Hall–Kier alpha value is -3.22. The zero-order chi connectivity index (χ0) is 21.1. The molecule has 0 spiro atoms. The van der Waals surface area contributed by atoms with E-state index in [2.05, 4.69) is 10.6 Å². The second kappa shape index (κ2) is 11.6. The van der Waals surface area contributed by atoms with Gasteiger partial charge in [-0.15, -0.1) is 0 Å². The van der Waals surface area contributed by atoms with Crippen molar-refractivity contribution in [1.29, 1.82) is 0 Å². The van der Waals surface area contributed by atoms with Crippen LogP contribution in [0.2, 0.25) is 0 Å². The van der Waals surface area contributed by atoms with Gasteiger partial charge in [-0.25, -0.2) is 4.79 Å². The highest BCUT2D eigenvalue weighted by Gasteiger charge is 2.12. The van der Waals surface area contributed by atoms with Gasteiger partial charge in [0.05, 0.1) is 13.7 Å². The van der Waals surface area contributed by atoms with E-state index in [1.807, 2.05) is 50.2 Å². The molecule has 2 N–H and O–H groups in total. The molecule has 0 heterocycles. The Balaban J connectivity index is 1.71. The molecule has 7 nitrogen and oxygen atoms in total. The fourth-order valence-electron chi connectivity index (χ4n) is 2.77. The third-order valence-electron chi connectivity index (χ3n) is 4.42. The molecule has 0 fully saturated rings. The number of para-hydroxylation sites is 2. The highest BCUT2D eigenvalue weighted by molar-refractivity contribution is 5.94. The molecule has 0 saturated heterocycles. The number of amides is 3. The standard InChI is InChI=1S/C22H29N3O4/c1-4-25(5-2)21(26)18-12-10-17(11-13-18)16-24-22(27)23-14-15-29-20-9-7-6-8-19(20)28-3/h6-13H,4-5,14-16H2,1-3H3,(H2,23,24,27). The van der Waals surface area contributed by atoms with Crippen LogP contribution in [0.25, 0.3) is 0 Å². The van der Waals surface area contributed by atoms with E-state index in [-0.39, 0.29) is 11.9 Å². The second-order valence-corrected chi connectivity index (χ2v) is 6.28. The highest BCUT2D eigenvalue weighted by atomic mass is 16.5. The predicted molar refractivity (Wildman–Crippen MR) is 112 cm³/mol. The van der Waals surface area contributed by atoms with E-state index in [4.69, 9.17) is 9.47 Å². The van der Waals surface area contributed by atoms with Gasteiger partial charge in [-0.1, -0.05) is 24.3 Å². The summed E-state index contributed by atoms with van der Waals surface area (Å²) < 4.78 is 10.8. The lowest BCUT2D eigenvalue weighted by Gasteiger charge is -2.18. The van der Waals surface area contributed by atoms with Crippen LogP contribution in [0.15, 0.2) is 48.5 Å². The molecule has 156 valence electrons. The molecule has 2 aromatic carbocycles. The first-order valence-electron chi connectivity index (χ1n) is 9.74. The van der Waals surface area contributed by atoms with Crippen molar-refractivity contribution in [2.45, 2.75) is 20.4 Å². The van der Waals surface area contributed by atoms with Gasteiger partial charge in [-0.3, -0.25) is 4.79 Å². The summed E-state index contributed by atoms with van der Waals surface area (Å²) in [7, 11) is 1.58. The smallest absolute Gasteiger partial charge is 0.315 e. The van der Waals surface area contributed by atoms with Gasteiger partial charge >= 0.3 is 6.03 Å². The van der Waals surface area contributed by atoms with Crippen LogP contribution < -0.4 is 20.1 Å². The number of carbonyl (C=O) groups is 2. The molecule has 3 amide bonds. The van der Waals surface area contributed by atoms with Crippen LogP contribution in [0.1, 0.15) is 29.8 Å². The fourth-order valence-corrected chi connectivity index (χ4v) is 2.77. The first kappa shape index (κ1) is 22.1. The van der Waals surface area contributed by atoms with Gasteiger partial charge in [0.2, 0.25) is 0 Å². The Bertz CT molecular complexity index is 789.